The third kappa shape index (κ3) is 1.89. The summed E-state index contributed by atoms with van der Waals surface area (Å²) in [5.41, 5.74) is 0. The molecule has 0 unspecified atom stereocenters. The summed E-state index contributed by atoms with van der Waals surface area (Å²) in [5.74, 6) is 0.183. The Kier molecular flexibility index (Phi) is 2.93. The maximum atomic E-state index is 12.6. The minimum absolute atomic E-state index is 0.268. The van der Waals surface area contributed by atoms with Crippen LogP contribution in [0.1, 0.15) is 0 Å². The molecule has 64 valence electrons. The molecule has 0 aliphatic heterocycles. The van der Waals surface area contributed by atoms with Crippen LogP contribution in [0.25, 0.3) is 0 Å². The van der Waals surface area contributed by atoms with Crippen LogP contribution in [0.5, 0.6) is 11.5 Å². The third-order valence-electron chi connectivity index (χ3n) is 1.35. The lowest BCUT2D eigenvalue weighted by Gasteiger charge is -2.07. The molecule has 0 heterocycles. The Bertz CT molecular complexity index is 267. The van der Waals surface area contributed by atoms with Gasteiger partial charge in [0.1, 0.15) is 11.6 Å². The maximum absolute atomic E-state index is 12.6. The molecule has 3 nitrogen and oxygen atoms in total. The van der Waals surface area contributed by atoms with Crippen molar-refractivity contribution in [1.29, 1.82) is 0 Å². The van der Waals surface area contributed by atoms with Crippen LogP contribution in [0, 0.1) is 5.82 Å². The molecule has 1 aromatic carbocycles. The minimum Gasteiger partial charge on any atom is -0.536 e. The Morgan fingerprint density at radius 3 is 2.75 bits per heavy atom. The van der Waals surface area contributed by atoms with E-state index in [0.29, 0.717) is 5.75 Å². The van der Waals surface area contributed by atoms with Crippen molar-refractivity contribution >= 4 is 7.69 Å². The second-order valence-corrected chi connectivity index (χ2v) is 2.07. The van der Waals surface area contributed by atoms with Crippen LogP contribution >= 0.6 is 0 Å². The van der Waals surface area contributed by atoms with Crippen molar-refractivity contribution in [2.24, 2.45) is 0 Å². The number of ether oxygens (including phenoxy) is 1. The third-order valence-corrected chi connectivity index (χ3v) is 1.35. The Morgan fingerprint density at radius 1 is 1.42 bits per heavy atom. The van der Waals surface area contributed by atoms with Crippen LogP contribution < -0.4 is 9.39 Å². The lowest BCUT2D eigenvalue weighted by atomic mass is 10.3. The molecule has 0 saturated heterocycles. The van der Waals surface area contributed by atoms with Gasteiger partial charge in [0.25, 0.3) is 0 Å². The summed E-state index contributed by atoms with van der Waals surface area (Å²) >= 11 is 0. The van der Waals surface area contributed by atoms with E-state index in [1.807, 2.05) is 0 Å². The summed E-state index contributed by atoms with van der Waals surface area (Å²) < 4.78 is 22.1. The van der Waals surface area contributed by atoms with Gasteiger partial charge in [0.05, 0.1) is 7.11 Å². The van der Waals surface area contributed by atoms with Gasteiger partial charge in [-0.3, -0.25) is 0 Å². The number of methoxy groups -OCH3 is 1. The molecule has 0 amide bonds. The number of hydrogen-bond donors (Lipinski definition) is 1. The molecule has 0 fully saturated rings. The molecular formula is C7H8BFO3. The summed E-state index contributed by atoms with van der Waals surface area (Å²) in [7, 11) is 0.945. The van der Waals surface area contributed by atoms with Gasteiger partial charge in [-0.25, -0.2) is 4.39 Å². The minimum atomic E-state index is -0.456. The quantitative estimate of drug-likeness (QED) is 0.670. The van der Waals surface area contributed by atoms with Crippen molar-refractivity contribution in [3.8, 4) is 11.5 Å². The van der Waals surface area contributed by atoms with E-state index in [0.717, 1.165) is 0 Å². The van der Waals surface area contributed by atoms with Gasteiger partial charge >= 0.3 is 7.69 Å². The Morgan fingerprint density at radius 2 is 2.17 bits per heavy atom. The van der Waals surface area contributed by atoms with Crippen LogP contribution in [0.15, 0.2) is 18.2 Å². The van der Waals surface area contributed by atoms with Crippen molar-refractivity contribution in [3.05, 3.63) is 24.0 Å². The SMILES string of the molecule is COc1cc(F)ccc1OBO. The first-order valence-corrected chi connectivity index (χ1v) is 3.35. The Hall–Kier alpha value is -1.23. The molecule has 0 saturated carbocycles. The highest BCUT2D eigenvalue weighted by atomic mass is 19.1. The van der Waals surface area contributed by atoms with Gasteiger partial charge in [0.15, 0.2) is 5.75 Å². The number of hydrogen-bond acceptors (Lipinski definition) is 3. The first-order valence-electron chi connectivity index (χ1n) is 3.35. The van der Waals surface area contributed by atoms with E-state index in [2.05, 4.69) is 0 Å². The fraction of sp³-hybridized carbons (Fsp3) is 0.143. The van der Waals surface area contributed by atoms with Gasteiger partial charge in [0, 0.05) is 6.07 Å². The second-order valence-electron chi connectivity index (χ2n) is 2.07. The number of halogens is 1. The van der Waals surface area contributed by atoms with E-state index in [1.54, 1.807) is 0 Å². The van der Waals surface area contributed by atoms with E-state index in [1.165, 1.54) is 25.3 Å². The van der Waals surface area contributed by atoms with Crippen LogP contribution in [-0.2, 0) is 0 Å². The molecule has 0 spiro atoms. The Labute approximate surface area is 70.0 Å². The van der Waals surface area contributed by atoms with Gasteiger partial charge in [-0.15, -0.1) is 0 Å². The van der Waals surface area contributed by atoms with E-state index in [4.69, 9.17) is 14.4 Å². The summed E-state index contributed by atoms with van der Waals surface area (Å²) in [6.45, 7) is 0. The fourth-order valence-corrected chi connectivity index (χ4v) is 0.830. The standard InChI is InChI=1S/C7H8BFO3/c1-11-7-4-5(9)2-3-6(7)12-8-10/h2-4,8,10H,1H3. The highest BCUT2D eigenvalue weighted by Crippen LogP contribution is 2.26. The average Bonchev–Trinajstić information content (AvgIpc) is 2.08. The first kappa shape index (κ1) is 8.87. The molecule has 0 aromatic heterocycles. The van der Waals surface area contributed by atoms with Crippen LogP contribution in [0.2, 0.25) is 0 Å². The molecule has 0 atom stereocenters. The van der Waals surface area contributed by atoms with Crippen molar-refractivity contribution in [1.82, 2.24) is 0 Å². The lowest BCUT2D eigenvalue weighted by molar-refractivity contribution is 0.378. The maximum Gasteiger partial charge on any atom is 0.504 e. The summed E-state index contributed by atoms with van der Waals surface area (Å²) in [6.07, 6.45) is 0. The normalized spacial score (nSPS) is 9.25. The molecule has 5 heteroatoms. The fourth-order valence-electron chi connectivity index (χ4n) is 0.830. The molecule has 1 rings (SSSR count). The molecule has 0 aliphatic rings. The van der Waals surface area contributed by atoms with E-state index in [-0.39, 0.29) is 5.75 Å². The van der Waals surface area contributed by atoms with E-state index < -0.39 is 13.5 Å². The van der Waals surface area contributed by atoms with Crippen molar-refractivity contribution < 1.29 is 18.8 Å². The molecule has 1 aromatic rings. The predicted molar refractivity (Wildman–Crippen MR) is 42.9 cm³/mol. The smallest absolute Gasteiger partial charge is 0.504 e. The topological polar surface area (TPSA) is 38.7 Å². The van der Waals surface area contributed by atoms with Gasteiger partial charge in [-0.1, -0.05) is 0 Å². The largest absolute Gasteiger partial charge is 0.536 e. The molecule has 0 bridgehead atoms. The molecular weight excluding hydrogens is 162 g/mol. The second kappa shape index (κ2) is 3.97. The zero-order valence-electron chi connectivity index (χ0n) is 6.58. The summed E-state index contributed by atoms with van der Waals surface area (Å²) in [4.78, 5) is 0. The van der Waals surface area contributed by atoms with Crippen molar-refractivity contribution in [3.63, 3.8) is 0 Å². The van der Waals surface area contributed by atoms with Crippen LogP contribution in [0.4, 0.5) is 4.39 Å². The Balaban J connectivity index is 2.94. The zero-order chi connectivity index (χ0) is 8.97. The molecule has 0 aliphatic carbocycles. The van der Waals surface area contributed by atoms with Crippen LogP contribution in [0.3, 0.4) is 0 Å². The lowest BCUT2D eigenvalue weighted by Crippen LogP contribution is -2.01. The zero-order valence-corrected chi connectivity index (χ0v) is 6.58. The van der Waals surface area contributed by atoms with Gasteiger partial charge in [-0.05, 0) is 12.1 Å². The van der Waals surface area contributed by atoms with Crippen molar-refractivity contribution in [2.75, 3.05) is 7.11 Å². The van der Waals surface area contributed by atoms with Crippen LogP contribution in [-0.4, -0.2) is 19.8 Å². The summed E-state index contributed by atoms with van der Waals surface area (Å²) in [5, 5.41) is 8.44. The van der Waals surface area contributed by atoms with Gasteiger partial charge < -0.3 is 14.4 Å². The highest BCUT2D eigenvalue weighted by molar-refractivity contribution is 6.17. The van der Waals surface area contributed by atoms with Gasteiger partial charge in [-0.2, -0.15) is 0 Å². The predicted octanol–water partition coefficient (Wildman–Crippen LogP) is 0.472. The first-order chi connectivity index (χ1) is 5.77. The molecule has 12 heavy (non-hydrogen) atoms. The van der Waals surface area contributed by atoms with Crippen molar-refractivity contribution in [2.45, 2.75) is 0 Å². The monoisotopic (exact) mass is 170 g/mol. The number of benzene rings is 1. The van der Waals surface area contributed by atoms with E-state index in [9.17, 15) is 4.39 Å². The molecule has 0 radical (unpaired) electrons. The summed E-state index contributed by atoms with van der Waals surface area (Å²) in [6, 6.07) is 3.81. The van der Waals surface area contributed by atoms with E-state index >= 15 is 0 Å². The average molecular weight is 170 g/mol. The number of rotatable bonds is 3. The molecule has 1 N–H and O–H groups in total. The highest BCUT2D eigenvalue weighted by Gasteiger charge is 2.04. The van der Waals surface area contributed by atoms with Gasteiger partial charge in [0.2, 0.25) is 0 Å².